The Labute approximate surface area is 292 Å². The monoisotopic (exact) mass is 719 g/mol. The number of amides is 1. The zero-order valence-electron chi connectivity index (χ0n) is 25.4. The molecule has 1 unspecified atom stereocenters. The van der Waals surface area contributed by atoms with Gasteiger partial charge in [-0.25, -0.2) is 4.98 Å². The van der Waals surface area contributed by atoms with Gasteiger partial charge >= 0.3 is 0 Å². The number of carbonyl (C=O) groups excluding carboxylic acids is 1. The van der Waals surface area contributed by atoms with E-state index in [4.69, 9.17) is 68.7 Å². The first-order chi connectivity index (χ1) is 21.7. The van der Waals surface area contributed by atoms with Gasteiger partial charge in [0, 0.05) is 43.0 Å². The van der Waals surface area contributed by atoms with E-state index in [0.29, 0.717) is 42.3 Å². The van der Waals surface area contributed by atoms with E-state index >= 15 is 0 Å². The maximum absolute atomic E-state index is 12.5. The first-order valence-corrected chi connectivity index (χ1v) is 16.2. The van der Waals surface area contributed by atoms with Crippen LogP contribution < -0.4 is 10.6 Å². The first-order valence-electron chi connectivity index (χ1n) is 14.3. The van der Waals surface area contributed by atoms with Crippen molar-refractivity contribution in [3.8, 4) is 17.3 Å². The van der Waals surface area contributed by atoms with Crippen molar-refractivity contribution in [1.29, 1.82) is 5.26 Å². The molecular formula is C32H30Cl5N7O2. The summed E-state index contributed by atoms with van der Waals surface area (Å²) in [6.07, 6.45) is 1.51. The van der Waals surface area contributed by atoms with Crippen molar-refractivity contribution in [2.24, 2.45) is 0 Å². The third kappa shape index (κ3) is 5.55. The Balaban J connectivity index is 1.83. The SMILES string of the molecule is C=CC(=O)N1CCN(C2=C(C#N)C(O)N(c3c(C)ccnc3C(C)C)c3nc(-c4c(N)c(Cl)c(Cl)c(Cl)c4Cl)c(Cl)cc32)C[C@H]1C. The van der Waals surface area contributed by atoms with E-state index in [-0.39, 0.29) is 71.3 Å². The molecule has 2 aliphatic rings. The van der Waals surface area contributed by atoms with E-state index < -0.39 is 6.23 Å². The van der Waals surface area contributed by atoms with Crippen LogP contribution in [0.2, 0.25) is 25.1 Å². The molecular weight excluding hydrogens is 692 g/mol. The van der Waals surface area contributed by atoms with Gasteiger partial charge in [-0.05, 0) is 43.5 Å². The van der Waals surface area contributed by atoms with Gasteiger partial charge in [0.25, 0.3) is 0 Å². The summed E-state index contributed by atoms with van der Waals surface area (Å²) in [5, 5.41) is 22.7. The lowest BCUT2D eigenvalue weighted by atomic mass is 9.94. The number of nitriles is 1. The molecule has 0 saturated carbocycles. The summed E-state index contributed by atoms with van der Waals surface area (Å²) < 4.78 is 0. The van der Waals surface area contributed by atoms with Crippen molar-refractivity contribution in [2.75, 3.05) is 30.3 Å². The average molecular weight is 722 g/mol. The topological polar surface area (TPSA) is 123 Å². The quantitative estimate of drug-likeness (QED) is 0.118. The van der Waals surface area contributed by atoms with Gasteiger partial charge in [0.15, 0.2) is 6.23 Å². The summed E-state index contributed by atoms with van der Waals surface area (Å²) in [7, 11) is 0. The number of piperazine rings is 1. The maximum Gasteiger partial charge on any atom is 0.246 e. The highest BCUT2D eigenvalue weighted by molar-refractivity contribution is 6.54. The standard InChI is InChI=1S/C32H30Cl5N7O2/c1-6-20(45)43-10-9-42(13-16(43)5)30-17-11-19(33)28(21-22(34)23(35)24(36)25(37)26(21)39)41-31(17)44(32(46)18(30)12-38)29-15(4)7-8-40-27(29)14(2)3/h6-8,11,14,16,32,46H,1,9-10,13,39H2,2-5H3/t16-,32?/m1/s1. The Bertz CT molecular complexity index is 1830. The van der Waals surface area contributed by atoms with Crippen molar-refractivity contribution < 1.29 is 9.90 Å². The smallest absolute Gasteiger partial charge is 0.246 e. The van der Waals surface area contributed by atoms with Crippen molar-refractivity contribution in [1.82, 2.24) is 19.8 Å². The van der Waals surface area contributed by atoms with Crippen LogP contribution >= 0.6 is 58.0 Å². The molecule has 0 radical (unpaired) electrons. The molecule has 0 bridgehead atoms. The van der Waals surface area contributed by atoms with Gasteiger partial charge in [-0.15, -0.1) is 0 Å². The van der Waals surface area contributed by atoms with Crippen molar-refractivity contribution in [3.05, 3.63) is 78.5 Å². The number of rotatable bonds is 5. The fraction of sp³-hybridized carbons (Fsp3) is 0.312. The van der Waals surface area contributed by atoms with Crippen LogP contribution in [-0.4, -0.2) is 62.7 Å². The van der Waals surface area contributed by atoms with Crippen LogP contribution in [0, 0.1) is 18.3 Å². The molecule has 240 valence electrons. The van der Waals surface area contributed by atoms with Gasteiger partial charge in [-0.3, -0.25) is 14.7 Å². The molecule has 2 atom stereocenters. The summed E-state index contributed by atoms with van der Waals surface area (Å²) in [4.78, 5) is 27.4. The number of aliphatic hydroxyl groups excluding tert-OH is 1. The molecule has 5 rings (SSSR count). The minimum absolute atomic E-state index is 0.00318. The Kier molecular flexibility index (Phi) is 9.72. The van der Waals surface area contributed by atoms with Crippen LogP contribution in [0.4, 0.5) is 17.2 Å². The maximum atomic E-state index is 12.5. The van der Waals surface area contributed by atoms with Gasteiger partial charge in [0.2, 0.25) is 5.91 Å². The second-order valence-electron chi connectivity index (χ2n) is 11.4. The molecule has 3 aromatic rings. The van der Waals surface area contributed by atoms with Crippen LogP contribution in [0.15, 0.2) is 36.6 Å². The zero-order valence-corrected chi connectivity index (χ0v) is 29.2. The van der Waals surface area contributed by atoms with E-state index in [1.807, 2.05) is 38.7 Å². The number of aryl methyl sites for hydroxylation is 1. The van der Waals surface area contributed by atoms with Crippen LogP contribution in [0.3, 0.4) is 0 Å². The largest absolute Gasteiger partial charge is 0.397 e. The summed E-state index contributed by atoms with van der Waals surface area (Å²) >= 11 is 32.8. The van der Waals surface area contributed by atoms with Crippen molar-refractivity contribution in [2.45, 2.75) is 45.9 Å². The molecule has 1 amide bonds. The molecule has 14 heteroatoms. The molecule has 0 aliphatic carbocycles. The number of benzene rings is 1. The number of pyridine rings is 2. The van der Waals surface area contributed by atoms with Crippen LogP contribution in [0.1, 0.15) is 43.5 Å². The van der Waals surface area contributed by atoms with E-state index in [9.17, 15) is 15.2 Å². The lowest BCUT2D eigenvalue weighted by Gasteiger charge is -2.45. The third-order valence-electron chi connectivity index (χ3n) is 8.20. The average Bonchev–Trinajstić information content (AvgIpc) is 3.02. The highest BCUT2D eigenvalue weighted by atomic mass is 35.5. The number of anilines is 3. The van der Waals surface area contributed by atoms with Crippen molar-refractivity contribution in [3.63, 3.8) is 0 Å². The van der Waals surface area contributed by atoms with E-state index in [1.54, 1.807) is 22.1 Å². The fourth-order valence-electron chi connectivity index (χ4n) is 6.00. The summed E-state index contributed by atoms with van der Waals surface area (Å²) in [6.45, 7) is 12.5. The number of fused-ring (bicyclic) bond motifs is 1. The van der Waals surface area contributed by atoms with Crippen LogP contribution in [0.25, 0.3) is 17.0 Å². The predicted molar refractivity (Wildman–Crippen MR) is 186 cm³/mol. The van der Waals surface area contributed by atoms with Gasteiger partial charge in [0.05, 0.1) is 53.6 Å². The highest BCUT2D eigenvalue weighted by Gasteiger charge is 2.41. The number of nitrogen functional groups attached to an aromatic ring is 1. The minimum Gasteiger partial charge on any atom is -0.397 e. The molecule has 1 aromatic carbocycles. The fourth-order valence-corrected chi connectivity index (χ4v) is 7.20. The molecule has 4 heterocycles. The van der Waals surface area contributed by atoms with E-state index in [2.05, 4.69) is 17.6 Å². The Hall–Kier alpha value is -3.23. The van der Waals surface area contributed by atoms with Crippen LogP contribution in [0.5, 0.6) is 0 Å². The van der Waals surface area contributed by atoms with Gasteiger partial charge in [-0.1, -0.05) is 78.4 Å². The normalized spacial score (nSPS) is 18.2. The Morgan fingerprint density at radius 2 is 1.85 bits per heavy atom. The van der Waals surface area contributed by atoms with E-state index in [0.717, 1.165) is 5.56 Å². The highest BCUT2D eigenvalue weighted by Crippen LogP contribution is 2.52. The molecule has 1 saturated heterocycles. The summed E-state index contributed by atoms with van der Waals surface area (Å²) in [5.41, 5.74) is 9.80. The molecule has 3 N–H and O–H groups in total. The lowest BCUT2D eigenvalue weighted by molar-refractivity contribution is -0.129. The van der Waals surface area contributed by atoms with Gasteiger partial charge in [0.1, 0.15) is 17.5 Å². The summed E-state index contributed by atoms with van der Waals surface area (Å²) in [6, 6.07) is 5.50. The number of nitrogens with two attached hydrogens (primary N) is 1. The molecule has 46 heavy (non-hydrogen) atoms. The summed E-state index contributed by atoms with van der Waals surface area (Å²) in [5.74, 6) is 0.0339. The number of aliphatic hydroxyl groups is 1. The number of carbonyl (C=O) groups is 1. The molecule has 1 fully saturated rings. The Morgan fingerprint density at radius 1 is 1.17 bits per heavy atom. The molecule has 0 spiro atoms. The number of aromatic nitrogens is 2. The first kappa shape index (κ1) is 34.1. The van der Waals surface area contributed by atoms with Gasteiger partial charge in [-0.2, -0.15) is 5.26 Å². The van der Waals surface area contributed by atoms with E-state index in [1.165, 1.54) is 6.08 Å². The minimum atomic E-state index is -1.47. The number of nitrogens with zero attached hydrogens (tertiary/aromatic N) is 6. The van der Waals surface area contributed by atoms with Crippen molar-refractivity contribution >= 4 is 86.8 Å². The molecule has 9 nitrogen and oxygen atoms in total. The predicted octanol–water partition coefficient (Wildman–Crippen LogP) is 7.85. The van der Waals surface area contributed by atoms with Gasteiger partial charge < -0.3 is 20.6 Å². The molecule has 2 aliphatic heterocycles. The zero-order chi connectivity index (χ0) is 33.8. The number of halogens is 5. The second kappa shape index (κ2) is 13.1. The van der Waals surface area contributed by atoms with Crippen LogP contribution in [-0.2, 0) is 4.79 Å². The second-order valence-corrected chi connectivity index (χ2v) is 13.3. The number of hydrogen-bond acceptors (Lipinski definition) is 8. The number of hydrogen-bond donors (Lipinski definition) is 2. The lowest BCUT2D eigenvalue weighted by Crippen LogP contribution is -2.54. The third-order valence-corrected chi connectivity index (χ3v) is 10.3. The Morgan fingerprint density at radius 3 is 2.46 bits per heavy atom. The molecule has 2 aromatic heterocycles.